The summed E-state index contributed by atoms with van der Waals surface area (Å²) in [6.07, 6.45) is 4.88. The number of cyclic esters (lactones) is 1. The molecule has 7 fully saturated rings. The number of hydrogen-bond acceptors (Lipinski definition) is 21. The Morgan fingerprint density at radius 2 is 1.13 bits per heavy atom. The highest BCUT2D eigenvalue weighted by molar-refractivity contribution is 9.11. The number of carbonyl (C=O) groups excluding carboxylic acids is 7. The van der Waals surface area contributed by atoms with E-state index < -0.39 is 124 Å². The number of hydrogen-bond donors (Lipinski definition) is 6. The fraction of sp³-hybridized carbons (Fsp3) is 0.618. The first-order valence-electron chi connectivity index (χ1n) is 36.6. The van der Waals surface area contributed by atoms with Crippen molar-refractivity contribution in [2.75, 3.05) is 40.5 Å². The van der Waals surface area contributed by atoms with Gasteiger partial charge in [0.05, 0.1) is 88.9 Å². The van der Waals surface area contributed by atoms with Gasteiger partial charge in [-0.3, -0.25) is 38.8 Å². The third-order valence-corrected chi connectivity index (χ3v) is 24.8. The number of aromatic nitrogens is 2. The summed E-state index contributed by atoms with van der Waals surface area (Å²) in [5.74, 6) is -2.15. The second-order valence-corrected chi connectivity index (χ2v) is 38.4. The molecule has 4 aromatic rings. The van der Waals surface area contributed by atoms with Crippen LogP contribution in [-0.2, 0) is 58.3 Å². The van der Waals surface area contributed by atoms with Crippen molar-refractivity contribution in [2.24, 2.45) is 39.6 Å². The summed E-state index contributed by atoms with van der Waals surface area (Å²) in [5.41, 5.74) is -3.41. The molecule has 5 heterocycles. The van der Waals surface area contributed by atoms with E-state index in [4.69, 9.17) is 38.3 Å². The Bertz CT molecular complexity index is 4380. The minimum absolute atomic E-state index is 0.0182. The van der Waals surface area contributed by atoms with Gasteiger partial charge in [-0.15, -0.1) is 13.2 Å². The minimum atomic E-state index is -3.90. The number of nitrogens with zero attached hydrogens (tertiary/aromatic N) is 4. The fourth-order valence-corrected chi connectivity index (χ4v) is 17.2. The zero-order chi connectivity index (χ0) is 79.9. The molecule has 0 bridgehead atoms. The van der Waals surface area contributed by atoms with Crippen molar-refractivity contribution in [2.45, 2.75) is 224 Å². The topological polar surface area (TPSA) is 371 Å². The Kier molecular flexibility index (Phi) is 25.5. The Balaban J connectivity index is 0.000000230. The lowest BCUT2D eigenvalue weighted by Crippen LogP contribution is -2.57. The van der Waals surface area contributed by atoms with Crippen molar-refractivity contribution in [1.82, 2.24) is 45.8 Å². The Morgan fingerprint density at radius 3 is 1.52 bits per heavy atom. The van der Waals surface area contributed by atoms with E-state index in [0.29, 0.717) is 99.0 Å². The summed E-state index contributed by atoms with van der Waals surface area (Å²) in [6, 6.07) is 9.02. The molecular weight excluding hydrogens is 1560 g/mol. The van der Waals surface area contributed by atoms with Crippen molar-refractivity contribution in [3.05, 3.63) is 70.7 Å². The summed E-state index contributed by atoms with van der Waals surface area (Å²) in [7, 11) is -3.90. The first-order valence-corrected chi connectivity index (χ1v) is 41.3. The van der Waals surface area contributed by atoms with Gasteiger partial charge in [0, 0.05) is 71.5 Å². The average Bonchev–Trinajstić information content (AvgIpc) is 1.56. The van der Waals surface area contributed by atoms with Crippen molar-refractivity contribution in [1.29, 1.82) is 0 Å². The van der Waals surface area contributed by atoms with Gasteiger partial charge in [-0.25, -0.2) is 36.7 Å². The molecule has 28 nitrogen and oxygen atoms in total. The van der Waals surface area contributed by atoms with Crippen LogP contribution in [0.15, 0.2) is 70.7 Å². The van der Waals surface area contributed by atoms with Gasteiger partial charge in [-0.05, 0) is 161 Å². The number of primary sulfonamides is 1. The quantitative estimate of drug-likeness (QED) is 0.0266. The van der Waals surface area contributed by atoms with Crippen molar-refractivity contribution < 1.29 is 83.6 Å². The van der Waals surface area contributed by atoms with E-state index in [2.05, 4.69) is 81.0 Å². The molecule has 32 heteroatoms. The van der Waals surface area contributed by atoms with E-state index in [1.807, 2.05) is 109 Å². The van der Waals surface area contributed by atoms with E-state index in [1.54, 1.807) is 49.5 Å². The second kappa shape index (κ2) is 32.5. The van der Waals surface area contributed by atoms with Crippen molar-refractivity contribution in [3.8, 4) is 34.8 Å². The van der Waals surface area contributed by atoms with Gasteiger partial charge >= 0.3 is 5.97 Å². The van der Waals surface area contributed by atoms with Gasteiger partial charge in [0.15, 0.2) is 6.23 Å². The first kappa shape index (κ1) is 84.6. The molecule has 2 aromatic heterocycles. The maximum absolute atomic E-state index is 14.7. The van der Waals surface area contributed by atoms with Crippen LogP contribution in [0.25, 0.3) is 21.8 Å². The molecule has 4 saturated carbocycles. The molecule has 3 aliphatic heterocycles. The molecule has 594 valence electrons. The monoisotopic (exact) mass is 1670 g/mol. The highest BCUT2D eigenvalue weighted by atomic mass is 79.9. The van der Waals surface area contributed by atoms with Crippen molar-refractivity contribution >= 4 is 115 Å². The number of fused-ring (bicyclic) bond motifs is 2. The average molecular weight is 1670 g/mol. The number of amides is 6. The molecule has 1 spiro atoms. The minimum Gasteiger partial charge on any atom is -0.495 e. The van der Waals surface area contributed by atoms with E-state index in [0.717, 1.165) is 18.2 Å². The fourth-order valence-electron chi connectivity index (χ4n) is 13.9. The van der Waals surface area contributed by atoms with Crippen LogP contribution in [0.2, 0.25) is 0 Å². The summed E-state index contributed by atoms with van der Waals surface area (Å²) >= 11 is 7.19. The molecule has 7 N–H and O–H groups in total. The first-order chi connectivity index (χ1) is 50.2. The second-order valence-electron chi connectivity index (χ2n) is 33.1. The van der Waals surface area contributed by atoms with Gasteiger partial charge in [0.2, 0.25) is 61.3 Å². The molecule has 1 unspecified atom stereocenters. The van der Waals surface area contributed by atoms with Gasteiger partial charge in [0.25, 0.3) is 5.91 Å². The van der Waals surface area contributed by atoms with Crippen LogP contribution < -0.4 is 59.5 Å². The predicted octanol–water partition coefficient (Wildman–Crippen LogP) is 8.96. The molecule has 0 radical (unpaired) electrons. The Labute approximate surface area is 650 Å². The van der Waals surface area contributed by atoms with E-state index in [-0.39, 0.29) is 73.6 Å². The number of methoxy groups -OCH3 is 2. The number of benzene rings is 2. The molecule has 3 saturated heterocycles. The van der Waals surface area contributed by atoms with Crippen LogP contribution in [0.5, 0.6) is 34.8 Å². The van der Waals surface area contributed by atoms with E-state index in [1.165, 1.54) is 11.0 Å². The highest BCUT2D eigenvalue weighted by Crippen LogP contribution is 2.51. The molecule has 108 heavy (non-hydrogen) atoms. The zero-order valence-corrected chi connectivity index (χ0v) is 69.4. The molecule has 11 atom stereocenters. The Hall–Kier alpha value is -7.39. The van der Waals surface area contributed by atoms with Crippen LogP contribution in [0.4, 0.5) is 0 Å². The number of halogens is 2. The van der Waals surface area contributed by atoms with Gasteiger partial charge in [-0.2, -0.15) is 0 Å². The van der Waals surface area contributed by atoms with E-state index >= 15 is 0 Å². The van der Waals surface area contributed by atoms with Gasteiger partial charge in [-0.1, -0.05) is 53.7 Å². The van der Waals surface area contributed by atoms with Crippen LogP contribution in [0.3, 0.4) is 0 Å². The van der Waals surface area contributed by atoms with Crippen LogP contribution in [-0.4, -0.2) is 182 Å². The lowest BCUT2D eigenvalue weighted by Gasteiger charge is -2.36. The normalized spacial score (nSPS) is 24.5. The van der Waals surface area contributed by atoms with Crippen LogP contribution in [0, 0.1) is 34.5 Å². The van der Waals surface area contributed by atoms with Gasteiger partial charge in [0.1, 0.15) is 52.3 Å². The summed E-state index contributed by atoms with van der Waals surface area (Å²) < 4.78 is 91.0. The molecule has 2 aromatic carbocycles. The summed E-state index contributed by atoms with van der Waals surface area (Å²) in [4.78, 5) is 109. The maximum Gasteiger partial charge on any atom is 0.328 e. The molecular formula is C76H106Br2N10O18S2. The molecule has 4 aliphatic carbocycles. The van der Waals surface area contributed by atoms with Crippen LogP contribution >= 0.6 is 31.9 Å². The molecule has 11 rings (SSSR count). The molecule has 7 aliphatic rings. The molecule has 6 amide bonds. The number of esters is 1. The maximum atomic E-state index is 14.7. The number of carbonyl (C=O) groups is 7. The van der Waals surface area contributed by atoms with E-state index in [9.17, 15) is 50.4 Å². The lowest BCUT2D eigenvalue weighted by molar-refractivity contribution is -0.151. The SMILES string of the molecule is C=C[C@@H]1C[C@@]12NC([C@@H]1C[C@@H](Oc3cc(OCC)nc4c(Br)c(OC)ccc34)CN1C(=O)[C@@H](CC(=O)NC(C)(C)C)C(C)(C)C)OC2=O.C=C[C@@H]1C[C@]1(NC(=O)[C@@H]1C[C@@H](Oc2cc(OCC)nc3c(Br)c(OC)ccc23)CN1C(=O)[C@@H](CC(=O)NC(C)(C)C)C(C)(C)C)C(=O)NS(=O)(=O)C1CC1.NS(=O)(=O)C1CC1. The standard InChI is InChI=1S/C38H52BrN5O9S.C35H47BrN4O7.C3H7NO2S/c1-10-21-19-38(21,35(48)43-54(49,50)23-12-13-23)42-33(46)26-16-22(20-44(26)34(47)25(36(3,4)5)17-29(45)41-37(6,7)8)53-28-18-30(52-11-2)40-32-24(28)14-15-27(51-9)31(32)39;1-10-19-17-35(19)32(43)47-30(39-35)23-14-20(18-40(23)31(42)22(33(3,4)5)15-26(41)38-34(6,7)8)46-25-16-27(45-11-2)37-29-21(25)12-13-24(44-9)28(29)36;4-7(5,6)3-1-2-3/h10,14-15,18,21-23,25-26H,1,11-13,16-17,19-20H2,2-9H3,(H,41,45)(H,42,46)(H,43,48);10,12-13,16,19-20,22-23,30,39H,1,11,14-15,17-18H2,2-9H3,(H,38,41);3H,1-2H2,(H2,4,5,6)/t21-,22-,25-,26+,38-;19-,20-,22-,23+,30?,35-;/m11./s1. The third kappa shape index (κ3) is 19.8. The lowest BCUT2D eigenvalue weighted by atomic mass is 9.77. The number of pyridine rings is 2. The zero-order valence-electron chi connectivity index (χ0n) is 64.6. The van der Waals surface area contributed by atoms with Crippen LogP contribution in [0.1, 0.15) is 161 Å². The number of sulfonamides is 2. The smallest absolute Gasteiger partial charge is 0.328 e. The number of nitrogens with one attached hydrogen (secondary N) is 5. The number of ether oxygens (including phenoxy) is 7. The number of nitrogens with two attached hydrogens (primary N) is 1. The third-order valence-electron chi connectivity index (χ3n) is 20.1. The predicted molar refractivity (Wildman–Crippen MR) is 414 cm³/mol. The summed E-state index contributed by atoms with van der Waals surface area (Å²) in [6.45, 7) is 35.1. The number of likely N-dealkylation sites (tertiary alicyclic amines) is 2. The largest absolute Gasteiger partial charge is 0.495 e. The highest BCUT2D eigenvalue weighted by Gasteiger charge is 2.67. The number of rotatable bonds is 25. The van der Waals surface area contributed by atoms with Crippen molar-refractivity contribution in [3.63, 3.8) is 0 Å². The summed E-state index contributed by atoms with van der Waals surface area (Å²) in [5, 5.41) is 17.4. The Morgan fingerprint density at radius 1 is 0.676 bits per heavy atom. The van der Waals surface area contributed by atoms with Gasteiger partial charge < -0.3 is 58.9 Å².